The highest BCUT2D eigenvalue weighted by Gasteiger charge is 2.30. The van der Waals surface area contributed by atoms with Gasteiger partial charge in [-0.15, -0.1) is 0 Å². The number of likely N-dealkylation sites (N-methyl/N-ethyl adjacent to an activating group) is 1. The summed E-state index contributed by atoms with van der Waals surface area (Å²) < 4.78 is 2.17. The van der Waals surface area contributed by atoms with E-state index in [1.807, 2.05) is 26.6 Å². The van der Waals surface area contributed by atoms with E-state index in [2.05, 4.69) is 33.6 Å². The number of hydrogen-bond acceptors (Lipinski definition) is 4. The van der Waals surface area contributed by atoms with Crippen LogP contribution in [0.1, 0.15) is 25.6 Å². The predicted molar refractivity (Wildman–Crippen MR) is 78.4 cm³/mol. The molecule has 1 aromatic rings. The topological polar surface area (TPSA) is 53.4 Å². The highest BCUT2D eigenvalue weighted by Crippen LogP contribution is 2.15. The largest absolute Gasteiger partial charge is 0.347 e. The fourth-order valence-corrected chi connectivity index (χ4v) is 2.60. The molecule has 0 aromatic carbocycles. The standard InChI is InChI=1S/C14H25N5O/c1-11(2)19-10-16-7-12(19)9-18-6-5-15-8-13(18)14(20)17(3)4/h7,10-11,13,15H,5-6,8-9H2,1-4H3. The molecule has 1 atom stereocenters. The lowest BCUT2D eigenvalue weighted by molar-refractivity contribution is -0.135. The van der Waals surface area contributed by atoms with Crippen LogP contribution in [-0.2, 0) is 11.3 Å². The van der Waals surface area contributed by atoms with Gasteiger partial charge in [-0.3, -0.25) is 9.69 Å². The predicted octanol–water partition coefficient (Wildman–Crippen LogP) is 0.326. The van der Waals surface area contributed by atoms with Gasteiger partial charge in [0.15, 0.2) is 0 Å². The Morgan fingerprint density at radius 1 is 1.55 bits per heavy atom. The molecular formula is C14H25N5O. The lowest BCUT2D eigenvalue weighted by Crippen LogP contribution is -2.57. The normalized spacial score (nSPS) is 20.4. The zero-order chi connectivity index (χ0) is 14.7. The van der Waals surface area contributed by atoms with Crippen LogP contribution in [0.15, 0.2) is 12.5 Å². The maximum absolute atomic E-state index is 12.3. The van der Waals surface area contributed by atoms with Crippen LogP contribution >= 0.6 is 0 Å². The third kappa shape index (κ3) is 3.19. The average molecular weight is 279 g/mol. The average Bonchev–Trinajstić information content (AvgIpc) is 2.87. The molecule has 1 N–H and O–H groups in total. The van der Waals surface area contributed by atoms with Crippen molar-refractivity contribution in [3.05, 3.63) is 18.2 Å². The Kier molecular flexibility index (Phi) is 4.77. The van der Waals surface area contributed by atoms with Gasteiger partial charge in [-0.25, -0.2) is 4.98 Å². The minimum atomic E-state index is -0.0886. The van der Waals surface area contributed by atoms with Crippen LogP contribution in [0.4, 0.5) is 0 Å². The van der Waals surface area contributed by atoms with E-state index in [-0.39, 0.29) is 11.9 Å². The second-order valence-corrected chi connectivity index (χ2v) is 5.81. The zero-order valence-electron chi connectivity index (χ0n) is 12.8. The molecular weight excluding hydrogens is 254 g/mol. The van der Waals surface area contributed by atoms with Crippen LogP contribution in [0, 0.1) is 0 Å². The van der Waals surface area contributed by atoms with Crippen molar-refractivity contribution in [2.45, 2.75) is 32.5 Å². The van der Waals surface area contributed by atoms with Crippen LogP contribution in [0.25, 0.3) is 0 Å². The summed E-state index contributed by atoms with van der Waals surface area (Å²) in [6.45, 7) is 7.58. The number of piperazine rings is 1. The SMILES string of the molecule is CC(C)n1cncc1CN1CCNCC1C(=O)N(C)C. The highest BCUT2D eigenvalue weighted by atomic mass is 16.2. The molecule has 20 heavy (non-hydrogen) atoms. The summed E-state index contributed by atoms with van der Waals surface area (Å²) in [6, 6.07) is 0.299. The van der Waals surface area contributed by atoms with Gasteiger partial charge < -0.3 is 14.8 Å². The number of carbonyl (C=O) groups is 1. The molecule has 0 spiro atoms. The third-order valence-corrected chi connectivity index (χ3v) is 3.75. The Morgan fingerprint density at radius 2 is 2.30 bits per heavy atom. The van der Waals surface area contributed by atoms with Crippen molar-refractivity contribution in [3.63, 3.8) is 0 Å². The van der Waals surface area contributed by atoms with E-state index in [0.29, 0.717) is 12.6 Å². The van der Waals surface area contributed by atoms with Crippen LogP contribution in [0.3, 0.4) is 0 Å². The highest BCUT2D eigenvalue weighted by molar-refractivity contribution is 5.81. The minimum absolute atomic E-state index is 0.0886. The lowest BCUT2D eigenvalue weighted by Gasteiger charge is -2.36. The van der Waals surface area contributed by atoms with Crippen molar-refractivity contribution in [2.24, 2.45) is 0 Å². The summed E-state index contributed by atoms with van der Waals surface area (Å²) in [6.07, 6.45) is 3.77. The molecule has 0 bridgehead atoms. The van der Waals surface area contributed by atoms with E-state index in [1.165, 1.54) is 5.69 Å². The Hall–Kier alpha value is -1.40. The fraction of sp³-hybridized carbons (Fsp3) is 0.714. The molecule has 1 fully saturated rings. The Bertz CT molecular complexity index is 454. The summed E-state index contributed by atoms with van der Waals surface area (Å²) >= 11 is 0. The van der Waals surface area contributed by atoms with E-state index >= 15 is 0 Å². The third-order valence-electron chi connectivity index (χ3n) is 3.75. The summed E-state index contributed by atoms with van der Waals surface area (Å²) in [7, 11) is 3.63. The van der Waals surface area contributed by atoms with Crippen molar-refractivity contribution in [1.82, 2.24) is 24.7 Å². The van der Waals surface area contributed by atoms with Gasteiger partial charge in [0.25, 0.3) is 0 Å². The molecule has 1 unspecified atom stereocenters. The number of nitrogens with zero attached hydrogens (tertiary/aromatic N) is 4. The van der Waals surface area contributed by atoms with E-state index in [4.69, 9.17) is 0 Å². The number of carbonyl (C=O) groups excluding carboxylic acids is 1. The smallest absolute Gasteiger partial charge is 0.240 e. The fourth-order valence-electron chi connectivity index (χ4n) is 2.60. The molecule has 0 aliphatic carbocycles. The Morgan fingerprint density at radius 3 is 2.95 bits per heavy atom. The van der Waals surface area contributed by atoms with E-state index < -0.39 is 0 Å². The molecule has 6 nitrogen and oxygen atoms in total. The Labute approximate surface area is 120 Å². The van der Waals surface area contributed by atoms with Crippen LogP contribution in [0.2, 0.25) is 0 Å². The minimum Gasteiger partial charge on any atom is -0.347 e. The number of rotatable bonds is 4. The summed E-state index contributed by atoms with van der Waals surface area (Å²) in [5.41, 5.74) is 1.17. The molecule has 1 aromatic heterocycles. The van der Waals surface area contributed by atoms with E-state index in [1.54, 1.807) is 4.90 Å². The van der Waals surface area contributed by atoms with Crippen LogP contribution in [0.5, 0.6) is 0 Å². The van der Waals surface area contributed by atoms with Gasteiger partial charge in [-0.1, -0.05) is 0 Å². The molecule has 112 valence electrons. The maximum Gasteiger partial charge on any atom is 0.240 e. The van der Waals surface area contributed by atoms with E-state index in [0.717, 1.165) is 19.6 Å². The summed E-state index contributed by atoms with van der Waals surface area (Å²) in [4.78, 5) is 20.4. The number of aromatic nitrogens is 2. The summed E-state index contributed by atoms with van der Waals surface area (Å²) in [5, 5.41) is 3.31. The van der Waals surface area contributed by atoms with Gasteiger partial charge in [0.1, 0.15) is 6.04 Å². The Balaban J connectivity index is 2.12. The number of nitrogens with one attached hydrogen (secondary N) is 1. The second kappa shape index (κ2) is 6.37. The second-order valence-electron chi connectivity index (χ2n) is 5.81. The number of hydrogen-bond donors (Lipinski definition) is 1. The van der Waals surface area contributed by atoms with Gasteiger partial charge in [-0.2, -0.15) is 0 Å². The molecule has 0 radical (unpaired) electrons. The number of imidazole rings is 1. The molecule has 2 rings (SSSR count). The first-order valence-corrected chi connectivity index (χ1v) is 7.17. The van der Waals surface area contributed by atoms with Gasteiger partial charge in [0.05, 0.1) is 12.0 Å². The van der Waals surface area contributed by atoms with Crippen LogP contribution < -0.4 is 5.32 Å². The molecule has 1 saturated heterocycles. The van der Waals surface area contributed by atoms with E-state index in [9.17, 15) is 4.79 Å². The maximum atomic E-state index is 12.3. The molecule has 1 aliphatic rings. The zero-order valence-corrected chi connectivity index (χ0v) is 12.8. The molecule has 1 aliphatic heterocycles. The lowest BCUT2D eigenvalue weighted by atomic mass is 10.1. The van der Waals surface area contributed by atoms with Crippen LogP contribution in [-0.4, -0.2) is 65.0 Å². The van der Waals surface area contributed by atoms with Gasteiger partial charge in [0, 0.05) is 52.5 Å². The van der Waals surface area contributed by atoms with Crippen molar-refractivity contribution in [1.29, 1.82) is 0 Å². The van der Waals surface area contributed by atoms with Gasteiger partial charge in [0.2, 0.25) is 5.91 Å². The van der Waals surface area contributed by atoms with Gasteiger partial charge in [-0.05, 0) is 13.8 Å². The van der Waals surface area contributed by atoms with Crippen molar-refractivity contribution >= 4 is 5.91 Å². The first kappa shape index (κ1) is 15.0. The molecule has 0 saturated carbocycles. The first-order valence-electron chi connectivity index (χ1n) is 7.17. The first-order chi connectivity index (χ1) is 9.50. The van der Waals surface area contributed by atoms with Crippen molar-refractivity contribution in [3.8, 4) is 0 Å². The quantitative estimate of drug-likeness (QED) is 0.863. The van der Waals surface area contributed by atoms with Gasteiger partial charge >= 0.3 is 0 Å². The van der Waals surface area contributed by atoms with Crippen molar-refractivity contribution < 1.29 is 4.79 Å². The van der Waals surface area contributed by atoms with Crippen molar-refractivity contribution in [2.75, 3.05) is 33.7 Å². The summed E-state index contributed by atoms with van der Waals surface area (Å²) in [5.74, 6) is 0.160. The molecule has 1 amide bonds. The number of amides is 1. The molecule has 6 heteroatoms. The molecule has 2 heterocycles. The monoisotopic (exact) mass is 279 g/mol.